The van der Waals surface area contributed by atoms with E-state index >= 15 is 0 Å². The van der Waals surface area contributed by atoms with Gasteiger partial charge in [-0.05, 0) is 24.1 Å². The number of ether oxygens (including phenoxy) is 1. The highest BCUT2D eigenvalue weighted by Crippen LogP contribution is 2.14. The van der Waals surface area contributed by atoms with E-state index in [4.69, 9.17) is 10.5 Å². The summed E-state index contributed by atoms with van der Waals surface area (Å²) in [4.78, 5) is 11.7. The van der Waals surface area contributed by atoms with Gasteiger partial charge in [0.1, 0.15) is 5.75 Å². The molecule has 0 aromatic heterocycles. The number of hydrogen-bond acceptors (Lipinski definition) is 3. The number of nitrogens with one attached hydrogen (secondary N) is 1. The Bertz CT molecular complexity index is 570. The van der Waals surface area contributed by atoms with Crippen molar-refractivity contribution < 1.29 is 9.53 Å². The number of nitrogen functional groups attached to an aromatic ring is 1. The normalized spacial score (nSPS) is 10.1. The van der Waals surface area contributed by atoms with E-state index < -0.39 is 0 Å². The van der Waals surface area contributed by atoms with Crippen molar-refractivity contribution in [3.8, 4) is 5.75 Å². The third-order valence-electron chi connectivity index (χ3n) is 3.03. The molecule has 3 N–H and O–H groups in total. The highest BCUT2D eigenvalue weighted by Gasteiger charge is 2.02. The molecule has 0 bridgehead atoms. The molecule has 0 spiro atoms. The lowest BCUT2D eigenvalue weighted by molar-refractivity contribution is -0.121. The van der Waals surface area contributed by atoms with Crippen LogP contribution in [-0.4, -0.2) is 19.1 Å². The van der Waals surface area contributed by atoms with Gasteiger partial charge in [-0.2, -0.15) is 0 Å². The molecule has 0 aliphatic rings. The van der Waals surface area contributed by atoms with Crippen molar-refractivity contribution in [2.24, 2.45) is 0 Å². The van der Waals surface area contributed by atoms with Gasteiger partial charge >= 0.3 is 0 Å². The van der Waals surface area contributed by atoms with Crippen molar-refractivity contribution in [1.29, 1.82) is 0 Å². The molecule has 110 valence electrons. The second kappa shape index (κ2) is 7.94. The first-order valence-electron chi connectivity index (χ1n) is 7.03. The molecule has 2 rings (SSSR count). The minimum Gasteiger partial charge on any atom is -0.493 e. The molecule has 0 fully saturated rings. The third-order valence-corrected chi connectivity index (χ3v) is 3.03. The summed E-state index contributed by atoms with van der Waals surface area (Å²) in [6, 6.07) is 17.3. The summed E-state index contributed by atoms with van der Waals surface area (Å²) >= 11 is 0. The molecule has 0 aliphatic carbocycles. The highest BCUT2D eigenvalue weighted by molar-refractivity contribution is 5.76. The monoisotopic (exact) mass is 284 g/mol. The van der Waals surface area contributed by atoms with Crippen molar-refractivity contribution >= 4 is 11.6 Å². The first-order valence-corrected chi connectivity index (χ1v) is 7.03. The number of amides is 1. The Morgan fingerprint density at radius 1 is 1.10 bits per heavy atom. The summed E-state index contributed by atoms with van der Waals surface area (Å²) < 4.78 is 5.48. The highest BCUT2D eigenvalue weighted by atomic mass is 16.5. The zero-order valence-electron chi connectivity index (χ0n) is 11.9. The van der Waals surface area contributed by atoms with E-state index in [0.29, 0.717) is 31.0 Å². The standard InChI is InChI=1S/C17H20N2O2/c18-15-7-4-8-16(13-15)21-12-10-17(20)19-11-9-14-5-2-1-3-6-14/h1-8,13H,9-12,18H2,(H,19,20). The maximum atomic E-state index is 11.7. The molecular weight excluding hydrogens is 264 g/mol. The molecule has 2 aromatic rings. The van der Waals surface area contributed by atoms with Gasteiger partial charge in [-0.3, -0.25) is 4.79 Å². The molecule has 0 unspecified atom stereocenters. The zero-order valence-corrected chi connectivity index (χ0v) is 11.9. The Morgan fingerprint density at radius 2 is 1.90 bits per heavy atom. The maximum Gasteiger partial charge on any atom is 0.223 e. The van der Waals surface area contributed by atoms with Gasteiger partial charge in [0.15, 0.2) is 0 Å². The molecule has 4 nitrogen and oxygen atoms in total. The number of rotatable bonds is 7. The molecule has 1 amide bonds. The van der Waals surface area contributed by atoms with Gasteiger partial charge in [0.05, 0.1) is 13.0 Å². The lowest BCUT2D eigenvalue weighted by Crippen LogP contribution is -2.27. The summed E-state index contributed by atoms with van der Waals surface area (Å²) in [5, 5.41) is 2.89. The van der Waals surface area contributed by atoms with Crippen molar-refractivity contribution in [2.75, 3.05) is 18.9 Å². The molecule has 21 heavy (non-hydrogen) atoms. The molecule has 0 aliphatic heterocycles. The first-order chi connectivity index (χ1) is 10.2. The van der Waals surface area contributed by atoms with Crippen molar-refractivity contribution in [2.45, 2.75) is 12.8 Å². The van der Waals surface area contributed by atoms with Crippen molar-refractivity contribution in [3.05, 3.63) is 60.2 Å². The van der Waals surface area contributed by atoms with E-state index in [0.717, 1.165) is 6.42 Å². The smallest absolute Gasteiger partial charge is 0.223 e. The Hall–Kier alpha value is -2.49. The minimum atomic E-state index is -0.00478. The van der Waals surface area contributed by atoms with E-state index in [1.165, 1.54) is 5.56 Å². The van der Waals surface area contributed by atoms with Crippen LogP contribution in [0.25, 0.3) is 0 Å². The zero-order chi connectivity index (χ0) is 14.9. The second-order valence-corrected chi connectivity index (χ2v) is 4.76. The van der Waals surface area contributed by atoms with Crippen LogP contribution in [0.1, 0.15) is 12.0 Å². The van der Waals surface area contributed by atoms with Gasteiger partial charge in [-0.15, -0.1) is 0 Å². The van der Waals surface area contributed by atoms with Crippen LogP contribution >= 0.6 is 0 Å². The molecule has 0 saturated carbocycles. The van der Waals surface area contributed by atoms with Crippen LogP contribution in [0.2, 0.25) is 0 Å². The number of carbonyl (C=O) groups is 1. The second-order valence-electron chi connectivity index (χ2n) is 4.76. The fraction of sp³-hybridized carbons (Fsp3) is 0.235. The summed E-state index contributed by atoms with van der Waals surface area (Å²) in [6.07, 6.45) is 1.17. The molecule has 4 heteroatoms. The van der Waals surface area contributed by atoms with Crippen LogP contribution in [-0.2, 0) is 11.2 Å². The van der Waals surface area contributed by atoms with Crippen LogP contribution in [0.3, 0.4) is 0 Å². The first kappa shape index (κ1) is 14.9. The molecule has 0 radical (unpaired) electrons. The third kappa shape index (κ3) is 5.57. The number of anilines is 1. The Kier molecular flexibility index (Phi) is 5.64. The van der Waals surface area contributed by atoms with Crippen molar-refractivity contribution in [1.82, 2.24) is 5.32 Å². The van der Waals surface area contributed by atoms with E-state index in [1.807, 2.05) is 30.3 Å². The average molecular weight is 284 g/mol. The predicted octanol–water partition coefficient (Wildman–Crippen LogP) is 2.40. The average Bonchev–Trinajstić information content (AvgIpc) is 2.48. The molecule has 0 heterocycles. The Morgan fingerprint density at radius 3 is 2.67 bits per heavy atom. The topological polar surface area (TPSA) is 64.3 Å². The fourth-order valence-electron chi connectivity index (χ4n) is 1.95. The van der Waals surface area contributed by atoms with Gasteiger partial charge in [-0.1, -0.05) is 36.4 Å². The summed E-state index contributed by atoms with van der Waals surface area (Å²) in [6.45, 7) is 0.988. The van der Waals surface area contributed by atoms with Crippen LogP contribution in [0, 0.1) is 0 Å². The SMILES string of the molecule is Nc1cccc(OCCC(=O)NCCc2ccccc2)c1. The quantitative estimate of drug-likeness (QED) is 0.767. The van der Waals surface area contributed by atoms with Gasteiger partial charge in [-0.25, -0.2) is 0 Å². The Balaban J connectivity index is 1.61. The number of benzene rings is 2. The predicted molar refractivity (Wildman–Crippen MR) is 84.1 cm³/mol. The van der Waals surface area contributed by atoms with Crippen LogP contribution in [0.5, 0.6) is 5.75 Å². The Labute approximate surface area is 124 Å². The molecular formula is C17H20N2O2. The van der Waals surface area contributed by atoms with Crippen molar-refractivity contribution in [3.63, 3.8) is 0 Å². The largest absolute Gasteiger partial charge is 0.493 e. The molecule has 0 saturated heterocycles. The van der Waals surface area contributed by atoms with E-state index in [1.54, 1.807) is 12.1 Å². The lowest BCUT2D eigenvalue weighted by Gasteiger charge is -2.08. The summed E-state index contributed by atoms with van der Waals surface area (Å²) in [5.74, 6) is 0.682. The van der Waals surface area contributed by atoms with Gasteiger partial charge in [0, 0.05) is 18.3 Å². The number of nitrogens with two attached hydrogens (primary N) is 1. The van der Waals surface area contributed by atoms with E-state index in [-0.39, 0.29) is 5.91 Å². The summed E-state index contributed by atoms with van der Waals surface area (Å²) in [5.41, 5.74) is 7.52. The summed E-state index contributed by atoms with van der Waals surface area (Å²) in [7, 11) is 0. The van der Waals surface area contributed by atoms with Crippen LogP contribution < -0.4 is 15.8 Å². The number of hydrogen-bond donors (Lipinski definition) is 2. The maximum absolute atomic E-state index is 11.7. The molecule has 0 atom stereocenters. The van der Waals surface area contributed by atoms with Gasteiger partial charge in [0.2, 0.25) is 5.91 Å². The lowest BCUT2D eigenvalue weighted by atomic mass is 10.1. The van der Waals surface area contributed by atoms with Crippen LogP contribution in [0.15, 0.2) is 54.6 Å². The van der Waals surface area contributed by atoms with Gasteiger partial charge in [0.25, 0.3) is 0 Å². The van der Waals surface area contributed by atoms with E-state index in [2.05, 4.69) is 17.4 Å². The van der Waals surface area contributed by atoms with Crippen LogP contribution in [0.4, 0.5) is 5.69 Å². The molecule has 2 aromatic carbocycles. The fourth-order valence-corrected chi connectivity index (χ4v) is 1.95. The number of carbonyl (C=O) groups excluding carboxylic acids is 1. The van der Waals surface area contributed by atoms with E-state index in [9.17, 15) is 4.79 Å². The van der Waals surface area contributed by atoms with Gasteiger partial charge < -0.3 is 15.8 Å². The minimum absolute atomic E-state index is 0.00478.